The van der Waals surface area contributed by atoms with Gasteiger partial charge in [-0.25, -0.2) is 0 Å². The first-order valence-electron chi connectivity index (χ1n) is 6.71. The fourth-order valence-corrected chi connectivity index (χ4v) is 1.96. The van der Waals surface area contributed by atoms with Crippen molar-refractivity contribution in [1.29, 1.82) is 0 Å². The van der Waals surface area contributed by atoms with Crippen LogP contribution in [-0.4, -0.2) is 0 Å². The van der Waals surface area contributed by atoms with Crippen molar-refractivity contribution in [2.24, 2.45) is 5.73 Å². The van der Waals surface area contributed by atoms with Crippen LogP contribution in [0.3, 0.4) is 0 Å². The van der Waals surface area contributed by atoms with Crippen LogP contribution in [0.5, 0.6) is 11.5 Å². The zero-order valence-corrected chi connectivity index (χ0v) is 11.8. The van der Waals surface area contributed by atoms with Crippen LogP contribution in [0.1, 0.15) is 36.1 Å². The Morgan fingerprint density at radius 1 is 1.00 bits per heavy atom. The molecule has 0 aliphatic rings. The maximum atomic E-state index is 6.04. The molecular formula is C17H21NO. The van der Waals surface area contributed by atoms with Crippen LogP contribution in [-0.2, 0) is 0 Å². The molecule has 0 aliphatic carbocycles. The highest BCUT2D eigenvalue weighted by Gasteiger charge is 2.05. The Bertz CT molecular complexity index is 563. The van der Waals surface area contributed by atoms with Gasteiger partial charge in [0.15, 0.2) is 0 Å². The number of aryl methyl sites for hydroxylation is 2. The summed E-state index contributed by atoms with van der Waals surface area (Å²) in [6.45, 7) is 6.27. The summed E-state index contributed by atoms with van der Waals surface area (Å²) >= 11 is 0. The first-order valence-corrected chi connectivity index (χ1v) is 6.71. The van der Waals surface area contributed by atoms with Gasteiger partial charge >= 0.3 is 0 Å². The lowest BCUT2D eigenvalue weighted by atomic mass is 10.1. The zero-order chi connectivity index (χ0) is 13.8. The predicted octanol–water partition coefficient (Wildman–Crippen LogP) is 4.51. The lowest BCUT2D eigenvalue weighted by Crippen LogP contribution is -2.08. The molecule has 2 heteroatoms. The average molecular weight is 255 g/mol. The summed E-state index contributed by atoms with van der Waals surface area (Å²) in [5, 5.41) is 0. The van der Waals surface area contributed by atoms with Gasteiger partial charge in [0, 0.05) is 6.04 Å². The molecule has 0 amide bonds. The Hall–Kier alpha value is -1.80. The largest absolute Gasteiger partial charge is 0.457 e. The van der Waals surface area contributed by atoms with Crippen molar-refractivity contribution in [2.45, 2.75) is 33.2 Å². The third kappa shape index (κ3) is 3.36. The van der Waals surface area contributed by atoms with Crippen LogP contribution in [0.25, 0.3) is 0 Å². The summed E-state index contributed by atoms with van der Waals surface area (Å²) in [4.78, 5) is 0. The molecule has 0 aromatic heterocycles. The smallest absolute Gasteiger partial charge is 0.127 e. The number of hydrogen-bond donors (Lipinski definition) is 1. The van der Waals surface area contributed by atoms with Gasteiger partial charge in [-0.2, -0.15) is 0 Å². The summed E-state index contributed by atoms with van der Waals surface area (Å²) < 4.78 is 5.89. The van der Waals surface area contributed by atoms with Crippen molar-refractivity contribution in [3.63, 3.8) is 0 Å². The van der Waals surface area contributed by atoms with E-state index in [9.17, 15) is 0 Å². The second-order valence-electron chi connectivity index (χ2n) is 4.94. The van der Waals surface area contributed by atoms with E-state index in [-0.39, 0.29) is 6.04 Å². The molecule has 100 valence electrons. The Morgan fingerprint density at radius 2 is 1.74 bits per heavy atom. The molecule has 0 aliphatic heterocycles. The van der Waals surface area contributed by atoms with E-state index in [1.807, 2.05) is 30.3 Å². The predicted molar refractivity (Wildman–Crippen MR) is 79.7 cm³/mol. The SMILES string of the molecule is CCC(N)c1cccc(Oc2ccc(C)c(C)c2)c1. The lowest BCUT2D eigenvalue weighted by Gasteiger charge is -2.12. The minimum Gasteiger partial charge on any atom is -0.457 e. The summed E-state index contributed by atoms with van der Waals surface area (Å²) in [6, 6.07) is 14.2. The van der Waals surface area contributed by atoms with Gasteiger partial charge in [-0.3, -0.25) is 0 Å². The van der Waals surface area contributed by atoms with E-state index in [4.69, 9.17) is 10.5 Å². The monoisotopic (exact) mass is 255 g/mol. The molecule has 0 fully saturated rings. The van der Waals surface area contributed by atoms with Gasteiger partial charge in [0.2, 0.25) is 0 Å². The van der Waals surface area contributed by atoms with Crippen LogP contribution >= 0.6 is 0 Å². The Labute approximate surface area is 115 Å². The molecule has 2 N–H and O–H groups in total. The number of ether oxygens (including phenoxy) is 1. The lowest BCUT2D eigenvalue weighted by molar-refractivity contribution is 0.480. The van der Waals surface area contributed by atoms with E-state index in [2.05, 4.69) is 32.9 Å². The molecule has 0 saturated carbocycles. The molecule has 1 unspecified atom stereocenters. The molecule has 0 bridgehead atoms. The Balaban J connectivity index is 2.20. The second kappa shape index (κ2) is 5.89. The normalized spacial score (nSPS) is 12.2. The minimum atomic E-state index is 0.0725. The van der Waals surface area contributed by atoms with Crippen molar-refractivity contribution in [3.05, 3.63) is 59.2 Å². The highest BCUT2D eigenvalue weighted by Crippen LogP contribution is 2.26. The molecule has 0 radical (unpaired) electrons. The third-order valence-electron chi connectivity index (χ3n) is 3.44. The topological polar surface area (TPSA) is 35.2 Å². The third-order valence-corrected chi connectivity index (χ3v) is 3.44. The van der Waals surface area contributed by atoms with Gasteiger partial charge in [0.05, 0.1) is 0 Å². The molecule has 1 atom stereocenters. The molecule has 2 rings (SSSR count). The van der Waals surface area contributed by atoms with Crippen LogP contribution in [0.2, 0.25) is 0 Å². The molecule has 2 nitrogen and oxygen atoms in total. The van der Waals surface area contributed by atoms with E-state index in [0.717, 1.165) is 23.5 Å². The van der Waals surface area contributed by atoms with E-state index < -0.39 is 0 Å². The summed E-state index contributed by atoms with van der Waals surface area (Å²) in [6.07, 6.45) is 0.924. The van der Waals surface area contributed by atoms with E-state index >= 15 is 0 Å². The van der Waals surface area contributed by atoms with Crippen molar-refractivity contribution >= 4 is 0 Å². The number of nitrogens with two attached hydrogens (primary N) is 1. The highest BCUT2D eigenvalue weighted by atomic mass is 16.5. The van der Waals surface area contributed by atoms with Crippen LogP contribution in [0.15, 0.2) is 42.5 Å². The van der Waals surface area contributed by atoms with Gasteiger partial charge in [-0.05, 0) is 61.2 Å². The van der Waals surface area contributed by atoms with Gasteiger partial charge in [-0.15, -0.1) is 0 Å². The van der Waals surface area contributed by atoms with Crippen molar-refractivity contribution < 1.29 is 4.74 Å². The van der Waals surface area contributed by atoms with E-state index in [1.165, 1.54) is 11.1 Å². The van der Waals surface area contributed by atoms with Crippen molar-refractivity contribution in [2.75, 3.05) is 0 Å². The molecular weight excluding hydrogens is 234 g/mol. The quantitative estimate of drug-likeness (QED) is 0.872. The average Bonchev–Trinajstić information content (AvgIpc) is 2.42. The number of benzene rings is 2. The Morgan fingerprint density at radius 3 is 2.42 bits per heavy atom. The minimum absolute atomic E-state index is 0.0725. The first-order chi connectivity index (χ1) is 9.10. The molecule has 0 saturated heterocycles. The van der Waals surface area contributed by atoms with Gasteiger partial charge in [0.25, 0.3) is 0 Å². The van der Waals surface area contributed by atoms with Gasteiger partial charge in [-0.1, -0.05) is 25.1 Å². The zero-order valence-electron chi connectivity index (χ0n) is 11.8. The number of hydrogen-bond acceptors (Lipinski definition) is 2. The molecule has 0 spiro atoms. The van der Waals surface area contributed by atoms with Crippen molar-refractivity contribution in [3.8, 4) is 11.5 Å². The van der Waals surface area contributed by atoms with Crippen LogP contribution in [0, 0.1) is 13.8 Å². The maximum absolute atomic E-state index is 6.04. The summed E-state index contributed by atoms with van der Waals surface area (Å²) in [7, 11) is 0. The fraction of sp³-hybridized carbons (Fsp3) is 0.294. The Kier molecular flexibility index (Phi) is 4.23. The fourth-order valence-electron chi connectivity index (χ4n) is 1.96. The van der Waals surface area contributed by atoms with Gasteiger partial charge < -0.3 is 10.5 Å². The maximum Gasteiger partial charge on any atom is 0.127 e. The molecule has 2 aromatic carbocycles. The highest BCUT2D eigenvalue weighted by molar-refractivity contribution is 5.38. The molecule has 0 heterocycles. The summed E-state index contributed by atoms with van der Waals surface area (Å²) in [5.74, 6) is 1.70. The van der Waals surface area contributed by atoms with E-state index in [1.54, 1.807) is 0 Å². The molecule has 19 heavy (non-hydrogen) atoms. The standard InChI is InChI=1S/C17H21NO/c1-4-17(18)14-6-5-7-15(11-14)19-16-9-8-12(2)13(3)10-16/h5-11,17H,4,18H2,1-3H3. The second-order valence-corrected chi connectivity index (χ2v) is 4.94. The van der Waals surface area contributed by atoms with Gasteiger partial charge in [0.1, 0.15) is 11.5 Å². The molecule has 2 aromatic rings. The van der Waals surface area contributed by atoms with Crippen LogP contribution < -0.4 is 10.5 Å². The van der Waals surface area contributed by atoms with Crippen LogP contribution in [0.4, 0.5) is 0 Å². The number of rotatable bonds is 4. The van der Waals surface area contributed by atoms with Crippen molar-refractivity contribution in [1.82, 2.24) is 0 Å². The van der Waals surface area contributed by atoms with E-state index in [0.29, 0.717) is 0 Å². The summed E-state index contributed by atoms with van der Waals surface area (Å²) in [5.41, 5.74) is 9.67. The first kappa shape index (κ1) is 13.6.